The van der Waals surface area contributed by atoms with Crippen molar-refractivity contribution in [3.05, 3.63) is 70.2 Å². The highest BCUT2D eigenvalue weighted by atomic mass is 19.3. The van der Waals surface area contributed by atoms with Crippen LogP contribution >= 0.6 is 0 Å². The molecular weight excluding hydrogens is 346 g/mol. The van der Waals surface area contributed by atoms with Crippen molar-refractivity contribution < 1.29 is 13.5 Å². The Kier molecular flexibility index (Phi) is 4.81. The number of alkyl halides is 2. The van der Waals surface area contributed by atoms with Crippen molar-refractivity contribution in [3.63, 3.8) is 0 Å². The summed E-state index contributed by atoms with van der Waals surface area (Å²) < 4.78 is 32.7. The van der Waals surface area contributed by atoms with Crippen LogP contribution in [0.25, 0.3) is 16.7 Å². The van der Waals surface area contributed by atoms with E-state index in [1.165, 1.54) is 6.07 Å². The molecule has 0 bridgehead atoms. The highest BCUT2D eigenvalue weighted by Gasteiger charge is 2.25. The molecule has 142 valence electrons. The van der Waals surface area contributed by atoms with E-state index in [0.29, 0.717) is 12.2 Å². The molecule has 0 aliphatic carbocycles. The number of pyridine rings is 1. The van der Waals surface area contributed by atoms with Crippen LogP contribution in [0.4, 0.5) is 8.78 Å². The highest BCUT2D eigenvalue weighted by molar-refractivity contribution is 5.85. The molecule has 2 heterocycles. The van der Waals surface area contributed by atoms with Crippen molar-refractivity contribution in [1.82, 2.24) is 9.97 Å². The average molecular weight is 370 g/mol. The number of methoxy groups -OCH3 is 1. The third-order valence-electron chi connectivity index (χ3n) is 5.10. The smallest absolute Gasteiger partial charge is 0.270 e. The first kappa shape index (κ1) is 19.1. The van der Waals surface area contributed by atoms with E-state index < -0.39 is 5.92 Å². The second kappa shape index (κ2) is 6.80. The second-order valence-electron chi connectivity index (χ2n) is 7.10. The maximum atomic E-state index is 13.7. The minimum Gasteiger partial charge on any atom is -0.497 e. The molecule has 0 unspecified atom stereocenters. The summed E-state index contributed by atoms with van der Waals surface area (Å²) in [6.45, 7) is 10.7. The van der Waals surface area contributed by atoms with Crippen LogP contribution < -0.4 is 0 Å². The minimum absolute atomic E-state index is 0.0216. The molecule has 0 aliphatic heterocycles. The molecule has 0 saturated heterocycles. The first-order chi connectivity index (χ1) is 12.6. The number of aromatic amines is 1. The normalized spacial score (nSPS) is 11.8. The lowest BCUT2D eigenvalue weighted by Crippen LogP contribution is -2.07. The van der Waals surface area contributed by atoms with Crippen molar-refractivity contribution in [1.29, 1.82) is 0 Å². The van der Waals surface area contributed by atoms with Crippen LogP contribution in [-0.2, 0) is 17.1 Å². The van der Waals surface area contributed by atoms with Crippen LogP contribution in [-0.4, -0.2) is 17.1 Å². The van der Waals surface area contributed by atoms with Crippen molar-refractivity contribution in [2.45, 2.75) is 40.0 Å². The number of H-pyrrole nitrogens is 1. The molecule has 0 fully saturated rings. The van der Waals surface area contributed by atoms with Crippen LogP contribution in [0.2, 0.25) is 0 Å². The standard InChI is InChI=1S/C22H24F2N2O/c1-12-7-16(22(5,23)24)8-21-18(12)9-17(26-21)10-19-13(2)20(15(4)27-6)11-25-14(19)3/h7-9,11,26H,4,10H2,1-3,5-6H3. The summed E-state index contributed by atoms with van der Waals surface area (Å²) in [7, 11) is 1.59. The van der Waals surface area contributed by atoms with Gasteiger partial charge in [0.1, 0.15) is 5.76 Å². The zero-order valence-electron chi connectivity index (χ0n) is 16.3. The number of ether oxygens (including phenoxy) is 1. The van der Waals surface area contributed by atoms with Crippen LogP contribution in [0.5, 0.6) is 0 Å². The fourth-order valence-electron chi connectivity index (χ4n) is 3.44. The Morgan fingerprint density at radius 3 is 2.56 bits per heavy atom. The Labute approximate surface area is 158 Å². The molecule has 3 rings (SSSR count). The number of nitrogens with zero attached hydrogens (tertiary/aromatic N) is 1. The SMILES string of the molecule is C=C(OC)c1cnc(C)c(Cc2cc3c(C)cc(C(C)(F)F)cc3[nH]2)c1C. The summed E-state index contributed by atoms with van der Waals surface area (Å²) >= 11 is 0. The highest BCUT2D eigenvalue weighted by Crippen LogP contribution is 2.32. The lowest BCUT2D eigenvalue weighted by Gasteiger charge is -2.14. The van der Waals surface area contributed by atoms with Gasteiger partial charge in [0.2, 0.25) is 0 Å². The third kappa shape index (κ3) is 3.59. The van der Waals surface area contributed by atoms with E-state index >= 15 is 0 Å². The van der Waals surface area contributed by atoms with Crippen molar-refractivity contribution in [2.75, 3.05) is 7.11 Å². The van der Waals surface area contributed by atoms with E-state index in [1.54, 1.807) is 19.4 Å². The topological polar surface area (TPSA) is 37.9 Å². The van der Waals surface area contributed by atoms with Crippen LogP contribution in [0.3, 0.4) is 0 Å². The van der Waals surface area contributed by atoms with Gasteiger partial charge >= 0.3 is 0 Å². The molecule has 0 radical (unpaired) electrons. The number of rotatable bonds is 5. The van der Waals surface area contributed by atoms with Crippen LogP contribution in [0.15, 0.2) is 31.0 Å². The van der Waals surface area contributed by atoms with Gasteiger partial charge in [0, 0.05) is 53.0 Å². The quantitative estimate of drug-likeness (QED) is 0.576. The molecule has 0 aliphatic rings. The average Bonchev–Trinajstić information content (AvgIpc) is 3.00. The zero-order valence-corrected chi connectivity index (χ0v) is 16.3. The maximum Gasteiger partial charge on any atom is 0.270 e. The fourth-order valence-corrected chi connectivity index (χ4v) is 3.44. The Morgan fingerprint density at radius 2 is 1.93 bits per heavy atom. The van der Waals surface area contributed by atoms with E-state index in [-0.39, 0.29) is 5.56 Å². The van der Waals surface area contributed by atoms with Gasteiger partial charge in [-0.1, -0.05) is 6.58 Å². The monoisotopic (exact) mass is 370 g/mol. The lowest BCUT2D eigenvalue weighted by atomic mass is 9.98. The molecule has 2 aromatic heterocycles. The number of aromatic nitrogens is 2. The number of hydrogen-bond acceptors (Lipinski definition) is 2. The Bertz CT molecular complexity index is 1030. The van der Waals surface area contributed by atoms with Gasteiger partial charge < -0.3 is 9.72 Å². The van der Waals surface area contributed by atoms with Crippen LogP contribution in [0.1, 0.15) is 46.1 Å². The number of aryl methyl sites for hydroxylation is 2. The third-order valence-corrected chi connectivity index (χ3v) is 5.10. The van der Waals surface area contributed by atoms with E-state index in [0.717, 1.165) is 51.5 Å². The Hall–Kier alpha value is -2.69. The van der Waals surface area contributed by atoms with Gasteiger partial charge in [-0.05, 0) is 55.7 Å². The molecule has 0 saturated carbocycles. The predicted octanol–water partition coefficient (Wildman–Crippen LogP) is 5.81. The first-order valence-corrected chi connectivity index (χ1v) is 8.80. The van der Waals surface area contributed by atoms with E-state index in [4.69, 9.17) is 4.74 Å². The summed E-state index contributed by atoms with van der Waals surface area (Å²) in [5.74, 6) is -2.29. The molecule has 5 heteroatoms. The fraction of sp³-hybridized carbons (Fsp3) is 0.318. The molecule has 0 amide bonds. The molecule has 0 atom stereocenters. The summed E-state index contributed by atoms with van der Waals surface area (Å²) in [5, 5.41) is 0.957. The van der Waals surface area contributed by atoms with Gasteiger partial charge in [-0.2, -0.15) is 0 Å². The van der Waals surface area contributed by atoms with Crippen LogP contribution in [0, 0.1) is 20.8 Å². The maximum absolute atomic E-state index is 13.7. The molecule has 3 nitrogen and oxygen atoms in total. The van der Waals surface area contributed by atoms with E-state index in [9.17, 15) is 8.78 Å². The summed E-state index contributed by atoms with van der Waals surface area (Å²) in [6.07, 6.45) is 2.40. The van der Waals surface area contributed by atoms with E-state index in [2.05, 4.69) is 16.5 Å². The van der Waals surface area contributed by atoms with Crippen molar-refractivity contribution in [2.24, 2.45) is 0 Å². The lowest BCUT2D eigenvalue weighted by molar-refractivity contribution is 0.0175. The van der Waals surface area contributed by atoms with Gasteiger partial charge in [-0.25, -0.2) is 8.78 Å². The molecular formula is C22H24F2N2O. The molecule has 0 spiro atoms. The molecule has 3 aromatic rings. The number of nitrogens with one attached hydrogen (secondary N) is 1. The van der Waals surface area contributed by atoms with Gasteiger partial charge in [0.05, 0.1) is 7.11 Å². The summed E-state index contributed by atoms with van der Waals surface area (Å²) in [4.78, 5) is 7.77. The van der Waals surface area contributed by atoms with Gasteiger partial charge in [0.15, 0.2) is 0 Å². The van der Waals surface area contributed by atoms with E-state index in [1.807, 2.05) is 26.8 Å². The van der Waals surface area contributed by atoms with Gasteiger partial charge in [-0.3, -0.25) is 4.98 Å². The summed E-state index contributed by atoms with van der Waals surface area (Å²) in [5.41, 5.74) is 6.48. The molecule has 27 heavy (non-hydrogen) atoms. The minimum atomic E-state index is -2.86. The molecule has 1 N–H and O–H groups in total. The number of halogens is 2. The zero-order chi connectivity index (χ0) is 19.9. The van der Waals surface area contributed by atoms with Gasteiger partial charge in [0.25, 0.3) is 5.92 Å². The largest absolute Gasteiger partial charge is 0.497 e. The Balaban J connectivity index is 2.05. The first-order valence-electron chi connectivity index (χ1n) is 8.80. The molecule has 1 aromatic carbocycles. The summed E-state index contributed by atoms with van der Waals surface area (Å²) in [6, 6.07) is 5.12. The second-order valence-corrected chi connectivity index (χ2v) is 7.10. The number of hydrogen-bond donors (Lipinski definition) is 1. The predicted molar refractivity (Wildman–Crippen MR) is 105 cm³/mol. The van der Waals surface area contributed by atoms with Crippen molar-refractivity contribution >= 4 is 16.7 Å². The van der Waals surface area contributed by atoms with Crippen molar-refractivity contribution in [3.8, 4) is 0 Å². The Morgan fingerprint density at radius 1 is 1.22 bits per heavy atom. The number of fused-ring (bicyclic) bond motifs is 1. The van der Waals surface area contributed by atoms with Gasteiger partial charge in [-0.15, -0.1) is 0 Å². The number of benzene rings is 1.